The highest BCUT2D eigenvalue weighted by molar-refractivity contribution is 5.84. The summed E-state index contributed by atoms with van der Waals surface area (Å²) in [5.41, 5.74) is 0. The molecule has 0 saturated carbocycles. The van der Waals surface area contributed by atoms with Crippen molar-refractivity contribution in [2.45, 2.75) is 6.92 Å². The van der Waals surface area contributed by atoms with Crippen LogP contribution in [0.5, 0.6) is 0 Å². The third-order valence-corrected chi connectivity index (χ3v) is 3.85. The Morgan fingerprint density at radius 1 is 0.957 bits per heavy atom. The number of hydrogen-bond acceptors (Lipinski definition) is 5. The van der Waals surface area contributed by atoms with Crippen LogP contribution in [0.4, 0.5) is 9.59 Å². The van der Waals surface area contributed by atoms with Crippen LogP contribution in [0.1, 0.15) is 6.92 Å². The van der Waals surface area contributed by atoms with E-state index in [1.807, 2.05) is 0 Å². The van der Waals surface area contributed by atoms with Crippen molar-refractivity contribution in [2.75, 3.05) is 65.6 Å². The van der Waals surface area contributed by atoms with Gasteiger partial charge in [-0.2, -0.15) is 0 Å². The largest absolute Gasteiger partial charge is 0.450 e. The molecular weight excluding hydrogens is 304 g/mol. The summed E-state index contributed by atoms with van der Waals surface area (Å²) in [5.74, 6) is -0.143. The number of rotatable bonds is 3. The number of morpholine rings is 1. The predicted octanol–water partition coefficient (Wildman–Crippen LogP) is -0.671. The summed E-state index contributed by atoms with van der Waals surface area (Å²) < 4.78 is 10.1. The van der Waals surface area contributed by atoms with Gasteiger partial charge in [0.2, 0.25) is 5.91 Å². The van der Waals surface area contributed by atoms with Crippen molar-refractivity contribution in [3.63, 3.8) is 0 Å². The smallest absolute Gasteiger partial charge is 0.409 e. The second kappa shape index (κ2) is 8.56. The summed E-state index contributed by atoms with van der Waals surface area (Å²) in [4.78, 5) is 40.5. The van der Waals surface area contributed by atoms with Gasteiger partial charge < -0.3 is 29.5 Å². The second-order valence-corrected chi connectivity index (χ2v) is 5.32. The number of piperazine rings is 1. The first-order valence-electron chi connectivity index (χ1n) is 7.91. The molecule has 2 fully saturated rings. The van der Waals surface area contributed by atoms with E-state index in [1.54, 1.807) is 21.6 Å². The van der Waals surface area contributed by atoms with Gasteiger partial charge >= 0.3 is 12.1 Å². The van der Waals surface area contributed by atoms with Crippen LogP contribution in [0, 0.1) is 0 Å². The van der Waals surface area contributed by atoms with Crippen molar-refractivity contribution in [2.24, 2.45) is 0 Å². The first kappa shape index (κ1) is 17.3. The van der Waals surface area contributed by atoms with E-state index >= 15 is 0 Å². The van der Waals surface area contributed by atoms with Crippen LogP contribution in [-0.4, -0.2) is 98.4 Å². The third kappa shape index (κ3) is 4.98. The number of amides is 4. The first-order chi connectivity index (χ1) is 11.1. The van der Waals surface area contributed by atoms with E-state index in [0.29, 0.717) is 59.1 Å². The first-order valence-corrected chi connectivity index (χ1v) is 7.91. The third-order valence-electron chi connectivity index (χ3n) is 3.85. The molecule has 1 N–H and O–H groups in total. The Bertz CT molecular complexity index is 431. The lowest BCUT2D eigenvalue weighted by Crippen LogP contribution is -2.54. The zero-order valence-electron chi connectivity index (χ0n) is 13.5. The van der Waals surface area contributed by atoms with Crippen molar-refractivity contribution in [1.29, 1.82) is 0 Å². The van der Waals surface area contributed by atoms with Crippen LogP contribution in [0.2, 0.25) is 0 Å². The van der Waals surface area contributed by atoms with E-state index in [2.05, 4.69) is 5.32 Å². The SMILES string of the molecule is CCOC(=O)N1CCN(C(=O)CNC(=O)N2CCOCC2)CC1. The minimum atomic E-state index is -0.347. The fraction of sp³-hybridized carbons (Fsp3) is 0.786. The molecule has 0 aromatic carbocycles. The Labute approximate surface area is 135 Å². The Balaban J connectivity index is 1.68. The van der Waals surface area contributed by atoms with Crippen molar-refractivity contribution in [1.82, 2.24) is 20.0 Å². The number of carbonyl (C=O) groups excluding carboxylic acids is 3. The average Bonchev–Trinajstić information content (AvgIpc) is 2.60. The van der Waals surface area contributed by atoms with Crippen LogP contribution >= 0.6 is 0 Å². The van der Waals surface area contributed by atoms with Gasteiger partial charge in [0.05, 0.1) is 26.4 Å². The summed E-state index contributed by atoms with van der Waals surface area (Å²) in [6.07, 6.45) is -0.347. The maximum atomic E-state index is 12.1. The van der Waals surface area contributed by atoms with Crippen molar-refractivity contribution < 1.29 is 23.9 Å². The van der Waals surface area contributed by atoms with Crippen LogP contribution < -0.4 is 5.32 Å². The van der Waals surface area contributed by atoms with Crippen LogP contribution in [0.3, 0.4) is 0 Å². The predicted molar refractivity (Wildman–Crippen MR) is 81.0 cm³/mol. The Kier molecular flexibility index (Phi) is 6.45. The zero-order valence-corrected chi connectivity index (χ0v) is 13.5. The van der Waals surface area contributed by atoms with Crippen LogP contribution in [-0.2, 0) is 14.3 Å². The molecule has 0 unspecified atom stereocenters. The minimum Gasteiger partial charge on any atom is -0.450 e. The topological polar surface area (TPSA) is 91.4 Å². The summed E-state index contributed by atoms with van der Waals surface area (Å²) in [6.45, 7) is 5.99. The summed E-state index contributed by atoms with van der Waals surface area (Å²) in [7, 11) is 0. The molecule has 0 aromatic rings. The molecule has 0 atom stereocenters. The van der Waals surface area contributed by atoms with Gasteiger partial charge in [0, 0.05) is 39.3 Å². The molecule has 0 bridgehead atoms. The Hall–Kier alpha value is -2.03. The molecular formula is C14H24N4O5. The molecule has 2 heterocycles. The lowest BCUT2D eigenvalue weighted by atomic mass is 10.3. The molecule has 4 amide bonds. The number of ether oxygens (including phenoxy) is 2. The molecule has 0 radical (unpaired) electrons. The van der Waals surface area contributed by atoms with Crippen molar-refractivity contribution in [3.8, 4) is 0 Å². The highest BCUT2D eigenvalue weighted by Crippen LogP contribution is 2.04. The lowest BCUT2D eigenvalue weighted by Gasteiger charge is -2.34. The standard InChI is InChI=1S/C14H24N4O5/c1-2-23-14(21)18-5-3-16(4-6-18)12(19)11-15-13(20)17-7-9-22-10-8-17/h2-11H2,1H3,(H,15,20). The molecule has 2 aliphatic heterocycles. The second-order valence-electron chi connectivity index (χ2n) is 5.32. The van der Waals surface area contributed by atoms with Gasteiger partial charge in [-0.1, -0.05) is 0 Å². The van der Waals surface area contributed by atoms with Gasteiger partial charge in [-0.25, -0.2) is 9.59 Å². The molecule has 9 nitrogen and oxygen atoms in total. The van der Waals surface area contributed by atoms with Gasteiger partial charge in [-0.15, -0.1) is 0 Å². The van der Waals surface area contributed by atoms with Gasteiger partial charge in [-0.3, -0.25) is 4.79 Å². The quantitative estimate of drug-likeness (QED) is 0.742. The van der Waals surface area contributed by atoms with Crippen LogP contribution in [0.25, 0.3) is 0 Å². The van der Waals surface area contributed by atoms with Crippen LogP contribution in [0.15, 0.2) is 0 Å². The van der Waals surface area contributed by atoms with E-state index in [0.717, 1.165) is 0 Å². The van der Waals surface area contributed by atoms with E-state index in [4.69, 9.17) is 9.47 Å². The highest BCUT2D eigenvalue weighted by atomic mass is 16.6. The van der Waals surface area contributed by atoms with E-state index in [9.17, 15) is 14.4 Å². The summed E-state index contributed by atoms with van der Waals surface area (Å²) in [6, 6.07) is -0.244. The maximum Gasteiger partial charge on any atom is 0.409 e. The number of carbonyl (C=O) groups is 3. The molecule has 0 aromatic heterocycles. The fourth-order valence-corrected chi connectivity index (χ4v) is 2.49. The molecule has 2 aliphatic rings. The molecule has 2 rings (SSSR count). The molecule has 0 aliphatic carbocycles. The molecule has 23 heavy (non-hydrogen) atoms. The van der Waals surface area contributed by atoms with Gasteiger partial charge in [-0.05, 0) is 6.92 Å². The molecule has 0 spiro atoms. The Morgan fingerprint density at radius 2 is 1.57 bits per heavy atom. The number of nitrogens with zero attached hydrogens (tertiary/aromatic N) is 3. The van der Waals surface area contributed by atoms with E-state index in [1.165, 1.54) is 0 Å². The zero-order chi connectivity index (χ0) is 16.7. The average molecular weight is 328 g/mol. The summed E-state index contributed by atoms with van der Waals surface area (Å²) >= 11 is 0. The van der Waals surface area contributed by atoms with E-state index < -0.39 is 0 Å². The maximum absolute atomic E-state index is 12.1. The number of nitrogens with one attached hydrogen (secondary N) is 1. The van der Waals surface area contributed by atoms with Gasteiger partial charge in [0.15, 0.2) is 0 Å². The minimum absolute atomic E-state index is 0.0321. The number of urea groups is 1. The Morgan fingerprint density at radius 3 is 2.17 bits per heavy atom. The summed E-state index contributed by atoms with van der Waals surface area (Å²) in [5, 5.41) is 2.64. The molecule has 9 heteroatoms. The molecule has 130 valence electrons. The van der Waals surface area contributed by atoms with Gasteiger partial charge in [0.1, 0.15) is 0 Å². The fourth-order valence-electron chi connectivity index (χ4n) is 2.49. The molecule has 2 saturated heterocycles. The van der Waals surface area contributed by atoms with Crippen molar-refractivity contribution in [3.05, 3.63) is 0 Å². The van der Waals surface area contributed by atoms with Gasteiger partial charge in [0.25, 0.3) is 0 Å². The number of hydrogen-bond donors (Lipinski definition) is 1. The monoisotopic (exact) mass is 328 g/mol. The highest BCUT2D eigenvalue weighted by Gasteiger charge is 2.25. The lowest BCUT2D eigenvalue weighted by molar-refractivity contribution is -0.131. The van der Waals surface area contributed by atoms with E-state index in [-0.39, 0.29) is 24.6 Å². The van der Waals surface area contributed by atoms with Crippen molar-refractivity contribution >= 4 is 18.0 Å². The normalized spacial score (nSPS) is 18.6.